The van der Waals surface area contributed by atoms with Gasteiger partial charge in [-0.2, -0.15) is 0 Å². The van der Waals surface area contributed by atoms with Crippen LogP contribution < -0.4 is 5.32 Å². The van der Waals surface area contributed by atoms with Gasteiger partial charge in [-0.1, -0.05) is 31.1 Å². The molecule has 2 atom stereocenters. The zero-order chi connectivity index (χ0) is 9.97. The van der Waals surface area contributed by atoms with E-state index >= 15 is 0 Å². The Morgan fingerprint density at radius 2 is 2.29 bits per heavy atom. The zero-order valence-electron chi connectivity index (χ0n) is 8.79. The Balaban J connectivity index is 2.08. The van der Waals surface area contributed by atoms with E-state index in [1.165, 1.54) is 24.3 Å². The van der Waals surface area contributed by atoms with Crippen molar-refractivity contribution >= 4 is 11.3 Å². The summed E-state index contributed by atoms with van der Waals surface area (Å²) < 4.78 is 0. The predicted molar refractivity (Wildman–Crippen MR) is 58.4 cm³/mol. The number of nitrogens with one attached hydrogen (secondary N) is 1. The van der Waals surface area contributed by atoms with Crippen LogP contribution in [-0.2, 0) is 6.54 Å². The average molecular weight is 211 g/mol. The van der Waals surface area contributed by atoms with E-state index < -0.39 is 0 Å². The molecular weight excluding hydrogens is 194 g/mol. The molecule has 14 heavy (non-hydrogen) atoms. The Morgan fingerprint density at radius 3 is 2.93 bits per heavy atom. The van der Waals surface area contributed by atoms with E-state index in [0.717, 1.165) is 17.5 Å². The van der Waals surface area contributed by atoms with Crippen LogP contribution in [0.1, 0.15) is 42.1 Å². The van der Waals surface area contributed by atoms with Crippen LogP contribution in [0, 0.1) is 5.92 Å². The molecule has 78 valence electrons. The normalized spacial score (nSPS) is 27.0. The Hall–Kier alpha value is -0.480. The molecule has 0 radical (unpaired) electrons. The first kappa shape index (κ1) is 10.1. The zero-order valence-corrected chi connectivity index (χ0v) is 9.60. The minimum absolute atomic E-state index is 0.679. The van der Waals surface area contributed by atoms with E-state index in [9.17, 15) is 0 Å². The third-order valence-electron chi connectivity index (χ3n) is 2.99. The second-order valence-corrected chi connectivity index (χ2v) is 5.17. The van der Waals surface area contributed by atoms with Crippen molar-refractivity contribution < 1.29 is 0 Å². The molecule has 0 amide bonds. The van der Waals surface area contributed by atoms with Crippen molar-refractivity contribution in [3.8, 4) is 0 Å². The SMILES string of the molecule is CNCc1nnc(C2CCCC2C)s1. The van der Waals surface area contributed by atoms with Crippen molar-refractivity contribution in [2.45, 2.75) is 38.6 Å². The highest BCUT2D eigenvalue weighted by Gasteiger charge is 2.27. The van der Waals surface area contributed by atoms with Gasteiger partial charge in [0.15, 0.2) is 0 Å². The van der Waals surface area contributed by atoms with E-state index in [0.29, 0.717) is 5.92 Å². The Kier molecular flexibility index (Phi) is 3.13. The van der Waals surface area contributed by atoms with E-state index in [1.807, 2.05) is 7.05 Å². The van der Waals surface area contributed by atoms with Crippen molar-refractivity contribution in [1.29, 1.82) is 0 Å². The van der Waals surface area contributed by atoms with Crippen LogP contribution in [0.3, 0.4) is 0 Å². The van der Waals surface area contributed by atoms with Gasteiger partial charge in [-0.25, -0.2) is 0 Å². The first-order chi connectivity index (χ1) is 6.81. The van der Waals surface area contributed by atoms with Gasteiger partial charge < -0.3 is 5.32 Å². The highest BCUT2D eigenvalue weighted by molar-refractivity contribution is 7.11. The highest BCUT2D eigenvalue weighted by atomic mass is 32.1. The molecule has 0 aliphatic heterocycles. The fourth-order valence-corrected chi connectivity index (χ4v) is 3.27. The summed E-state index contributed by atoms with van der Waals surface area (Å²) in [5.74, 6) is 1.48. The van der Waals surface area contributed by atoms with Crippen LogP contribution in [0.25, 0.3) is 0 Å². The monoisotopic (exact) mass is 211 g/mol. The molecule has 1 aliphatic carbocycles. The summed E-state index contributed by atoms with van der Waals surface area (Å²) in [5, 5.41) is 14.0. The third kappa shape index (κ3) is 1.96. The molecule has 2 unspecified atom stereocenters. The van der Waals surface area contributed by atoms with Crippen LogP contribution in [0.15, 0.2) is 0 Å². The molecule has 2 rings (SSSR count). The quantitative estimate of drug-likeness (QED) is 0.832. The minimum atomic E-state index is 0.679. The fourth-order valence-electron chi connectivity index (χ4n) is 2.15. The van der Waals surface area contributed by atoms with Gasteiger partial charge in [-0.3, -0.25) is 0 Å². The molecule has 0 spiro atoms. The van der Waals surface area contributed by atoms with Crippen molar-refractivity contribution in [2.75, 3.05) is 7.05 Å². The Bertz CT molecular complexity index is 297. The molecular formula is C10H17N3S. The van der Waals surface area contributed by atoms with Crippen LogP contribution in [0.5, 0.6) is 0 Å². The molecule has 1 heterocycles. The topological polar surface area (TPSA) is 37.8 Å². The van der Waals surface area contributed by atoms with Gasteiger partial charge in [0.25, 0.3) is 0 Å². The fraction of sp³-hybridized carbons (Fsp3) is 0.800. The maximum atomic E-state index is 4.30. The standard InChI is InChI=1S/C10H17N3S/c1-7-4-3-5-8(7)10-13-12-9(14-10)6-11-2/h7-8,11H,3-6H2,1-2H3. The third-order valence-corrected chi connectivity index (χ3v) is 4.04. The summed E-state index contributed by atoms with van der Waals surface area (Å²) in [5.41, 5.74) is 0. The van der Waals surface area contributed by atoms with Crippen molar-refractivity contribution in [1.82, 2.24) is 15.5 Å². The largest absolute Gasteiger partial charge is 0.313 e. The van der Waals surface area contributed by atoms with Crippen LogP contribution in [0.4, 0.5) is 0 Å². The maximum Gasteiger partial charge on any atom is 0.131 e. The molecule has 0 bridgehead atoms. The second-order valence-electron chi connectivity index (χ2n) is 4.08. The number of hydrogen-bond donors (Lipinski definition) is 1. The van der Waals surface area contributed by atoms with Crippen molar-refractivity contribution in [3.63, 3.8) is 0 Å². The van der Waals surface area contributed by atoms with Gasteiger partial charge in [-0.05, 0) is 19.4 Å². The average Bonchev–Trinajstić information content (AvgIpc) is 2.74. The molecule has 1 aliphatic rings. The summed E-state index contributed by atoms with van der Waals surface area (Å²) in [6.07, 6.45) is 4.01. The lowest BCUT2D eigenvalue weighted by Crippen LogP contribution is -2.04. The Labute approximate surface area is 88.9 Å². The lowest BCUT2D eigenvalue weighted by molar-refractivity contribution is 0.527. The molecule has 0 saturated heterocycles. The van der Waals surface area contributed by atoms with Gasteiger partial charge in [0, 0.05) is 12.5 Å². The van der Waals surface area contributed by atoms with Crippen LogP contribution >= 0.6 is 11.3 Å². The smallest absolute Gasteiger partial charge is 0.131 e. The highest BCUT2D eigenvalue weighted by Crippen LogP contribution is 2.40. The lowest BCUT2D eigenvalue weighted by atomic mass is 9.99. The minimum Gasteiger partial charge on any atom is -0.313 e. The van der Waals surface area contributed by atoms with Crippen LogP contribution in [0.2, 0.25) is 0 Å². The first-order valence-corrected chi connectivity index (χ1v) is 6.09. The Morgan fingerprint density at radius 1 is 1.43 bits per heavy atom. The van der Waals surface area contributed by atoms with E-state index in [1.54, 1.807) is 11.3 Å². The molecule has 1 aromatic rings. The maximum absolute atomic E-state index is 4.30. The molecule has 0 aromatic carbocycles. The number of aromatic nitrogens is 2. The summed E-state index contributed by atoms with van der Waals surface area (Å²) in [6.45, 7) is 3.18. The van der Waals surface area contributed by atoms with Crippen molar-refractivity contribution in [2.24, 2.45) is 5.92 Å². The lowest BCUT2D eigenvalue weighted by Gasteiger charge is -2.09. The number of hydrogen-bond acceptors (Lipinski definition) is 4. The van der Waals surface area contributed by atoms with Gasteiger partial charge >= 0.3 is 0 Å². The van der Waals surface area contributed by atoms with Crippen LogP contribution in [-0.4, -0.2) is 17.2 Å². The van der Waals surface area contributed by atoms with Gasteiger partial charge in [0.2, 0.25) is 0 Å². The number of rotatable bonds is 3. The molecule has 1 fully saturated rings. The molecule has 1 N–H and O–H groups in total. The van der Waals surface area contributed by atoms with E-state index in [-0.39, 0.29) is 0 Å². The van der Waals surface area contributed by atoms with E-state index in [2.05, 4.69) is 22.4 Å². The summed E-state index contributed by atoms with van der Waals surface area (Å²) in [7, 11) is 1.94. The predicted octanol–water partition coefficient (Wildman–Crippen LogP) is 2.16. The van der Waals surface area contributed by atoms with Crippen molar-refractivity contribution in [3.05, 3.63) is 10.0 Å². The molecule has 3 nitrogen and oxygen atoms in total. The summed E-state index contributed by atoms with van der Waals surface area (Å²) in [4.78, 5) is 0. The van der Waals surface area contributed by atoms with E-state index in [4.69, 9.17) is 0 Å². The second kappa shape index (κ2) is 4.36. The molecule has 1 aromatic heterocycles. The summed E-state index contributed by atoms with van der Waals surface area (Å²) in [6, 6.07) is 0. The molecule has 4 heteroatoms. The first-order valence-electron chi connectivity index (χ1n) is 5.28. The van der Waals surface area contributed by atoms with Gasteiger partial charge in [0.05, 0.1) is 0 Å². The van der Waals surface area contributed by atoms with Gasteiger partial charge in [0.1, 0.15) is 10.0 Å². The molecule has 1 saturated carbocycles. The summed E-state index contributed by atoms with van der Waals surface area (Å²) >= 11 is 1.77. The van der Waals surface area contributed by atoms with Gasteiger partial charge in [-0.15, -0.1) is 10.2 Å². The number of nitrogens with zero attached hydrogens (tertiary/aromatic N) is 2.